The molecule has 0 N–H and O–H groups in total. The van der Waals surface area contributed by atoms with Gasteiger partial charge in [-0.05, 0) is 13.3 Å². The minimum absolute atomic E-state index is 0.197. The second-order valence-electron chi connectivity index (χ2n) is 4.47. The number of ether oxygens (including phenoxy) is 1. The number of rotatable bonds is 2. The van der Waals surface area contributed by atoms with Crippen molar-refractivity contribution < 1.29 is 14.3 Å². The number of amides is 1. The van der Waals surface area contributed by atoms with Gasteiger partial charge in [-0.2, -0.15) is 0 Å². The highest BCUT2D eigenvalue weighted by molar-refractivity contribution is 5.79. The molecule has 0 aromatic carbocycles. The first-order chi connectivity index (χ1) is 7.63. The SMILES string of the molecule is COC(=O)C(C)N1CCN2C(=O)CCC2C1. The number of fused-ring (bicyclic) bond motifs is 1. The van der Waals surface area contributed by atoms with Crippen molar-refractivity contribution >= 4 is 11.9 Å². The molecule has 90 valence electrons. The third kappa shape index (κ3) is 1.91. The minimum atomic E-state index is -0.206. The fraction of sp³-hybridized carbons (Fsp3) is 0.818. The van der Waals surface area contributed by atoms with Crippen LogP contribution >= 0.6 is 0 Å². The molecule has 2 heterocycles. The van der Waals surface area contributed by atoms with E-state index in [2.05, 4.69) is 4.90 Å². The molecule has 2 saturated heterocycles. The standard InChI is InChI=1S/C11H18N2O3/c1-8(11(15)16-2)12-5-6-13-9(7-12)3-4-10(13)14/h8-9H,3-7H2,1-2H3. The third-order valence-corrected chi connectivity index (χ3v) is 3.62. The van der Waals surface area contributed by atoms with E-state index in [0.29, 0.717) is 12.5 Å². The van der Waals surface area contributed by atoms with Crippen LogP contribution in [0.15, 0.2) is 0 Å². The molecule has 0 radical (unpaired) electrons. The number of carbonyl (C=O) groups is 2. The van der Waals surface area contributed by atoms with Gasteiger partial charge in [-0.1, -0.05) is 0 Å². The number of hydrogen-bond acceptors (Lipinski definition) is 4. The number of nitrogens with zero attached hydrogens (tertiary/aromatic N) is 2. The molecule has 5 nitrogen and oxygen atoms in total. The summed E-state index contributed by atoms with van der Waals surface area (Å²) in [7, 11) is 1.41. The molecular formula is C11H18N2O3. The van der Waals surface area contributed by atoms with Crippen LogP contribution in [0.5, 0.6) is 0 Å². The summed E-state index contributed by atoms with van der Waals surface area (Å²) in [4.78, 5) is 27.0. The molecule has 2 aliphatic rings. The summed E-state index contributed by atoms with van der Waals surface area (Å²) in [5.41, 5.74) is 0. The maximum absolute atomic E-state index is 11.5. The molecule has 0 aromatic heterocycles. The van der Waals surface area contributed by atoms with Crippen LogP contribution in [-0.4, -0.2) is 60.5 Å². The van der Waals surface area contributed by atoms with Crippen molar-refractivity contribution in [3.05, 3.63) is 0 Å². The zero-order valence-electron chi connectivity index (χ0n) is 9.81. The van der Waals surface area contributed by atoms with E-state index in [1.807, 2.05) is 11.8 Å². The van der Waals surface area contributed by atoms with Crippen molar-refractivity contribution in [1.82, 2.24) is 9.80 Å². The number of piperazine rings is 1. The Hall–Kier alpha value is -1.10. The summed E-state index contributed by atoms with van der Waals surface area (Å²) in [6.07, 6.45) is 1.58. The van der Waals surface area contributed by atoms with Gasteiger partial charge in [0.15, 0.2) is 0 Å². The Bertz CT molecular complexity index is 306. The molecule has 5 heteroatoms. The largest absolute Gasteiger partial charge is 0.468 e. The highest BCUT2D eigenvalue weighted by atomic mass is 16.5. The molecule has 0 aromatic rings. The molecule has 1 amide bonds. The van der Waals surface area contributed by atoms with Crippen LogP contribution in [0.25, 0.3) is 0 Å². The normalized spacial score (nSPS) is 27.8. The van der Waals surface area contributed by atoms with Gasteiger partial charge in [0.05, 0.1) is 7.11 Å². The summed E-state index contributed by atoms with van der Waals surface area (Å²) in [5, 5.41) is 0. The van der Waals surface area contributed by atoms with Crippen LogP contribution in [0, 0.1) is 0 Å². The molecule has 0 spiro atoms. The maximum Gasteiger partial charge on any atom is 0.322 e. The average molecular weight is 226 g/mol. The highest BCUT2D eigenvalue weighted by Crippen LogP contribution is 2.23. The lowest BCUT2D eigenvalue weighted by molar-refractivity contribution is -0.147. The van der Waals surface area contributed by atoms with Crippen molar-refractivity contribution in [1.29, 1.82) is 0 Å². The minimum Gasteiger partial charge on any atom is -0.468 e. The fourth-order valence-corrected chi connectivity index (χ4v) is 2.56. The van der Waals surface area contributed by atoms with Crippen LogP contribution in [0.1, 0.15) is 19.8 Å². The summed E-state index contributed by atoms with van der Waals surface area (Å²) >= 11 is 0. The lowest BCUT2D eigenvalue weighted by Gasteiger charge is -2.39. The zero-order valence-corrected chi connectivity index (χ0v) is 9.81. The van der Waals surface area contributed by atoms with E-state index in [9.17, 15) is 9.59 Å². The van der Waals surface area contributed by atoms with Crippen molar-refractivity contribution in [3.8, 4) is 0 Å². The summed E-state index contributed by atoms with van der Waals surface area (Å²) in [5.74, 6) is 0.0631. The molecule has 0 bridgehead atoms. The van der Waals surface area contributed by atoms with E-state index in [-0.39, 0.29) is 17.9 Å². The highest BCUT2D eigenvalue weighted by Gasteiger charge is 2.37. The van der Waals surface area contributed by atoms with Crippen molar-refractivity contribution in [2.24, 2.45) is 0 Å². The number of methoxy groups -OCH3 is 1. The Morgan fingerprint density at radius 3 is 2.94 bits per heavy atom. The maximum atomic E-state index is 11.5. The summed E-state index contributed by atoms with van der Waals surface area (Å²) < 4.78 is 4.74. The van der Waals surface area contributed by atoms with Gasteiger partial charge in [-0.25, -0.2) is 0 Å². The van der Waals surface area contributed by atoms with Crippen LogP contribution in [0.4, 0.5) is 0 Å². The molecule has 2 fully saturated rings. The Labute approximate surface area is 95.3 Å². The predicted octanol–water partition coefficient (Wildman–Crippen LogP) is -0.146. The molecule has 2 atom stereocenters. The van der Waals surface area contributed by atoms with Gasteiger partial charge in [0.2, 0.25) is 5.91 Å². The number of carbonyl (C=O) groups excluding carboxylic acids is 2. The monoisotopic (exact) mass is 226 g/mol. The van der Waals surface area contributed by atoms with Crippen LogP contribution in [0.2, 0.25) is 0 Å². The van der Waals surface area contributed by atoms with Crippen molar-refractivity contribution in [3.63, 3.8) is 0 Å². The molecule has 16 heavy (non-hydrogen) atoms. The van der Waals surface area contributed by atoms with Gasteiger partial charge < -0.3 is 9.64 Å². The van der Waals surface area contributed by atoms with E-state index in [1.165, 1.54) is 7.11 Å². The van der Waals surface area contributed by atoms with Crippen LogP contribution < -0.4 is 0 Å². The van der Waals surface area contributed by atoms with Gasteiger partial charge in [0, 0.05) is 32.1 Å². The predicted molar refractivity (Wildman–Crippen MR) is 57.8 cm³/mol. The molecule has 2 rings (SSSR count). The Kier molecular flexibility index (Phi) is 3.14. The molecule has 0 saturated carbocycles. The third-order valence-electron chi connectivity index (χ3n) is 3.62. The first-order valence-electron chi connectivity index (χ1n) is 5.75. The van der Waals surface area contributed by atoms with Crippen LogP contribution in [0.3, 0.4) is 0 Å². The fourth-order valence-electron chi connectivity index (χ4n) is 2.56. The summed E-state index contributed by atoms with van der Waals surface area (Å²) in [6.45, 7) is 4.16. The topological polar surface area (TPSA) is 49.9 Å². The lowest BCUT2D eigenvalue weighted by Crippen LogP contribution is -2.55. The lowest BCUT2D eigenvalue weighted by atomic mass is 10.1. The van der Waals surface area contributed by atoms with Gasteiger partial charge in [-0.15, -0.1) is 0 Å². The number of esters is 1. The Balaban J connectivity index is 1.96. The smallest absolute Gasteiger partial charge is 0.322 e. The van der Waals surface area contributed by atoms with Crippen LogP contribution in [-0.2, 0) is 14.3 Å². The van der Waals surface area contributed by atoms with Gasteiger partial charge in [-0.3, -0.25) is 14.5 Å². The summed E-state index contributed by atoms with van der Waals surface area (Å²) in [6, 6.07) is 0.0937. The van der Waals surface area contributed by atoms with E-state index < -0.39 is 0 Å². The van der Waals surface area contributed by atoms with E-state index in [1.54, 1.807) is 0 Å². The molecule has 2 aliphatic heterocycles. The average Bonchev–Trinajstić information content (AvgIpc) is 2.68. The van der Waals surface area contributed by atoms with Gasteiger partial charge in [0.1, 0.15) is 6.04 Å². The molecule has 2 unspecified atom stereocenters. The molecule has 0 aliphatic carbocycles. The van der Waals surface area contributed by atoms with Crippen molar-refractivity contribution in [2.45, 2.75) is 31.8 Å². The quantitative estimate of drug-likeness (QED) is 0.615. The van der Waals surface area contributed by atoms with E-state index in [0.717, 1.165) is 26.1 Å². The number of hydrogen-bond donors (Lipinski definition) is 0. The molecular weight excluding hydrogens is 208 g/mol. The second kappa shape index (κ2) is 4.41. The second-order valence-corrected chi connectivity index (χ2v) is 4.47. The van der Waals surface area contributed by atoms with Gasteiger partial charge >= 0.3 is 5.97 Å². The zero-order chi connectivity index (χ0) is 11.7. The van der Waals surface area contributed by atoms with Gasteiger partial charge in [0.25, 0.3) is 0 Å². The van der Waals surface area contributed by atoms with E-state index in [4.69, 9.17) is 4.74 Å². The Morgan fingerprint density at radius 2 is 2.25 bits per heavy atom. The first-order valence-corrected chi connectivity index (χ1v) is 5.75. The first kappa shape index (κ1) is 11.4. The van der Waals surface area contributed by atoms with Crippen molar-refractivity contribution in [2.75, 3.05) is 26.7 Å². The Morgan fingerprint density at radius 1 is 1.50 bits per heavy atom. The van der Waals surface area contributed by atoms with E-state index >= 15 is 0 Å².